The van der Waals surface area contributed by atoms with E-state index in [4.69, 9.17) is 5.11 Å². The average Bonchev–Trinajstić information content (AvgIpc) is 2.40. The van der Waals surface area contributed by atoms with Gasteiger partial charge in [0.1, 0.15) is 11.3 Å². The van der Waals surface area contributed by atoms with E-state index in [1.807, 2.05) is 0 Å². The van der Waals surface area contributed by atoms with Gasteiger partial charge >= 0.3 is 12.0 Å². The van der Waals surface area contributed by atoms with E-state index in [9.17, 15) is 14.7 Å². The molecule has 1 aromatic carbocycles. The maximum absolute atomic E-state index is 11.9. The minimum Gasteiger partial charge on any atom is -0.507 e. The fourth-order valence-electron chi connectivity index (χ4n) is 1.58. The molecule has 1 aromatic rings. The maximum atomic E-state index is 11.9. The molecule has 0 aliphatic carbocycles. The molecule has 0 saturated heterocycles. The Morgan fingerprint density at radius 3 is 2.75 bits per heavy atom. The molecule has 0 radical (unpaired) electrons. The average molecular weight is 278 g/mol. The van der Waals surface area contributed by atoms with Crippen LogP contribution in [0.3, 0.4) is 0 Å². The van der Waals surface area contributed by atoms with Crippen LogP contribution in [0.4, 0.5) is 10.5 Å². The molecule has 0 aliphatic heterocycles. The maximum Gasteiger partial charge on any atom is 0.339 e. The lowest BCUT2D eigenvalue weighted by molar-refractivity contribution is 0.0693. The second kappa shape index (κ2) is 7.18. The summed E-state index contributed by atoms with van der Waals surface area (Å²) in [7, 11) is 1.65. The molecular weight excluding hydrogens is 260 g/mol. The van der Waals surface area contributed by atoms with Crippen molar-refractivity contribution in [2.24, 2.45) is 0 Å². The molecular formula is C14H18N2O4. The van der Waals surface area contributed by atoms with E-state index in [2.05, 4.69) is 11.9 Å². The number of amides is 2. The van der Waals surface area contributed by atoms with Gasteiger partial charge < -0.3 is 20.4 Å². The minimum atomic E-state index is -1.25. The smallest absolute Gasteiger partial charge is 0.339 e. The number of urea groups is 1. The highest BCUT2D eigenvalue weighted by molar-refractivity contribution is 5.95. The number of hydrogen-bond acceptors (Lipinski definition) is 3. The predicted octanol–water partition coefficient (Wildman–Crippen LogP) is 2.52. The number of hydrogen-bond donors (Lipinski definition) is 3. The van der Waals surface area contributed by atoms with Gasteiger partial charge in [0.15, 0.2) is 0 Å². The van der Waals surface area contributed by atoms with Crippen molar-refractivity contribution in [2.75, 3.05) is 18.9 Å². The number of nitrogens with one attached hydrogen (secondary N) is 1. The van der Waals surface area contributed by atoms with Crippen LogP contribution in [-0.2, 0) is 0 Å². The Morgan fingerprint density at radius 2 is 2.15 bits per heavy atom. The first-order chi connectivity index (χ1) is 9.45. The summed E-state index contributed by atoms with van der Waals surface area (Å²) in [5, 5.41) is 20.8. The zero-order valence-electron chi connectivity index (χ0n) is 11.3. The molecule has 0 aromatic heterocycles. The van der Waals surface area contributed by atoms with Crippen LogP contribution in [0.5, 0.6) is 5.75 Å². The van der Waals surface area contributed by atoms with E-state index in [1.54, 1.807) is 13.1 Å². The fourth-order valence-corrected chi connectivity index (χ4v) is 1.58. The van der Waals surface area contributed by atoms with Crippen LogP contribution in [0.2, 0.25) is 0 Å². The lowest BCUT2D eigenvalue weighted by atomic mass is 10.2. The van der Waals surface area contributed by atoms with Gasteiger partial charge in [0.05, 0.1) is 0 Å². The zero-order valence-corrected chi connectivity index (χ0v) is 11.3. The molecule has 0 heterocycles. The van der Waals surface area contributed by atoms with Crippen LogP contribution in [-0.4, -0.2) is 40.7 Å². The van der Waals surface area contributed by atoms with Crippen molar-refractivity contribution in [3.8, 4) is 5.75 Å². The van der Waals surface area contributed by atoms with Gasteiger partial charge in [0.2, 0.25) is 0 Å². The number of aromatic carboxylic acids is 1. The van der Waals surface area contributed by atoms with Crippen LogP contribution in [0.25, 0.3) is 0 Å². The van der Waals surface area contributed by atoms with Crippen molar-refractivity contribution in [1.29, 1.82) is 0 Å². The standard InChI is InChI=1S/C14H18N2O4/c1-3-4-5-8-16(2)14(20)15-10-6-7-12(17)11(9-10)13(18)19/h3,6-7,9,17H,1,4-5,8H2,2H3,(H,15,20)(H,18,19). The Hall–Kier alpha value is -2.50. The Bertz CT molecular complexity index is 514. The van der Waals surface area contributed by atoms with Crippen LogP contribution in [0, 0.1) is 0 Å². The number of unbranched alkanes of at least 4 members (excludes halogenated alkanes) is 1. The number of aromatic hydroxyl groups is 1. The first kappa shape index (κ1) is 15.6. The number of allylic oxidation sites excluding steroid dienone is 1. The number of phenols is 1. The zero-order chi connectivity index (χ0) is 15.1. The number of carboxylic acid groups (broad SMARTS) is 1. The van der Waals surface area contributed by atoms with Gasteiger partial charge in [-0.15, -0.1) is 6.58 Å². The molecule has 6 nitrogen and oxygen atoms in total. The molecule has 0 saturated carbocycles. The minimum absolute atomic E-state index is 0.253. The van der Waals surface area contributed by atoms with Gasteiger partial charge in [-0.3, -0.25) is 0 Å². The lowest BCUT2D eigenvalue weighted by Gasteiger charge is -2.17. The molecule has 20 heavy (non-hydrogen) atoms. The lowest BCUT2D eigenvalue weighted by Crippen LogP contribution is -2.32. The number of carbonyl (C=O) groups excluding carboxylic acids is 1. The molecule has 2 amide bonds. The van der Waals surface area contributed by atoms with Gasteiger partial charge in [-0.1, -0.05) is 6.08 Å². The Morgan fingerprint density at radius 1 is 1.45 bits per heavy atom. The molecule has 0 unspecified atom stereocenters. The predicted molar refractivity (Wildman–Crippen MR) is 76.1 cm³/mol. The molecule has 0 spiro atoms. The summed E-state index contributed by atoms with van der Waals surface area (Å²) < 4.78 is 0. The van der Waals surface area contributed by atoms with Crippen molar-refractivity contribution in [2.45, 2.75) is 12.8 Å². The van der Waals surface area contributed by atoms with Gasteiger partial charge in [0.25, 0.3) is 0 Å². The SMILES string of the molecule is C=CCCCN(C)C(=O)Nc1ccc(O)c(C(=O)O)c1. The number of benzene rings is 1. The van der Waals surface area contributed by atoms with Crippen molar-refractivity contribution >= 4 is 17.7 Å². The van der Waals surface area contributed by atoms with Crippen molar-refractivity contribution in [3.63, 3.8) is 0 Å². The third-order valence-corrected chi connectivity index (χ3v) is 2.73. The van der Waals surface area contributed by atoms with E-state index >= 15 is 0 Å². The first-order valence-electron chi connectivity index (χ1n) is 6.15. The molecule has 108 valence electrons. The quantitative estimate of drug-likeness (QED) is 0.423. The van der Waals surface area contributed by atoms with E-state index in [-0.39, 0.29) is 17.3 Å². The van der Waals surface area contributed by atoms with Gasteiger partial charge in [0, 0.05) is 19.3 Å². The molecule has 1 rings (SSSR count). The Kier molecular flexibility index (Phi) is 5.58. The van der Waals surface area contributed by atoms with Crippen molar-refractivity contribution in [3.05, 3.63) is 36.4 Å². The second-order valence-corrected chi connectivity index (χ2v) is 4.32. The molecule has 0 aliphatic rings. The highest BCUT2D eigenvalue weighted by Crippen LogP contribution is 2.21. The number of rotatable bonds is 6. The van der Waals surface area contributed by atoms with Gasteiger partial charge in [-0.05, 0) is 31.0 Å². The van der Waals surface area contributed by atoms with Crippen molar-refractivity contribution < 1.29 is 19.8 Å². The number of anilines is 1. The summed E-state index contributed by atoms with van der Waals surface area (Å²) in [6.45, 7) is 4.18. The van der Waals surface area contributed by atoms with E-state index < -0.39 is 5.97 Å². The van der Waals surface area contributed by atoms with Gasteiger partial charge in [-0.2, -0.15) is 0 Å². The van der Waals surface area contributed by atoms with Crippen LogP contribution in [0.15, 0.2) is 30.9 Å². The third kappa shape index (κ3) is 4.31. The Balaban J connectivity index is 2.68. The van der Waals surface area contributed by atoms with Gasteiger partial charge in [-0.25, -0.2) is 9.59 Å². The number of carboxylic acids is 1. The largest absolute Gasteiger partial charge is 0.507 e. The highest BCUT2D eigenvalue weighted by Gasteiger charge is 2.13. The summed E-state index contributed by atoms with van der Waals surface area (Å²) in [4.78, 5) is 24.2. The van der Waals surface area contributed by atoms with Crippen LogP contribution in [0.1, 0.15) is 23.2 Å². The molecule has 3 N–H and O–H groups in total. The number of carbonyl (C=O) groups is 2. The summed E-state index contributed by atoms with van der Waals surface area (Å²) in [5.41, 5.74) is 0.0675. The molecule has 6 heteroatoms. The highest BCUT2D eigenvalue weighted by atomic mass is 16.4. The van der Waals surface area contributed by atoms with Crippen molar-refractivity contribution in [1.82, 2.24) is 4.90 Å². The summed E-state index contributed by atoms with van der Waals surface area (Å²) in [5.74, 6) is -1.59. The van der Waals surface area contributed by atoms with E-state index in [0.717, 1.165) is 12.8 Å². The second-order valence-electron chi connectivity index (χ2n) is 4.32. The van der Waals surface area contributed by atoms with Crippen LogP contribution < -0.4 is 5.32 Å². The summed E-state index contributed by atoms with van der Waals surface area (Å²) >= 11 is 0. The monoisotopic (exact) mass is 278 g/mol. The molecule has 0 bridgehead atoms. The molecule has 0 atom stereocenters. The normalized spacial score (nSPS) is 9.85. The Labute approximate surface area is 117 Å². The molecule has 0 fully saturated rings. The van der Waals surface area contributed by atoms with Crippen LogP contribution >= 0.6 is 0 Å². The topological polar surface area (TPSA) is 89.9 Å². The fraction of sp³-hybridized carbons (Fsp3) is 0.286. The third-order valence-electron chi connectivity index (χ3n) is 2.73. The summed E-state index contributed by atoms with van der Waals surface area (Å²) in [6, 6.07) is 3.55. The number of nitrogens with zero attached hydrogens (tertiary/aromatic N) is 1. The van der Waals surface area contributed by atoms with E-state index in [1.165, 1.54) is 23.1 Å². The summed E-state index contributed by atoms with van der Waals surface area (Å²) in [6.07, 6.45) is 3.41. The van der Waals surface area contributed by atoms with E-state index in [0.29, 0.717) is 12.2 Å². The first-order valence-corrected chi connectivity index (χ1v) is 6.15.